The van der Waals surface area contributed by atoms with E-state index in [2.05, 4.69) is 34.2 Å². The molecule has 1 aliphatic rings. The maximum absolute atomic E-state index is 13.9. The predicted molar refractivity (Wildman–Crippen MR) is 121 cm³/mol. The van der Waals surface area contributed by atoms with E-state index >= 15 is 0 Å². The molecule has 4 rings (SSSR count). The Morgan fingerprint density at radius 3 is 2.63 bits per heavy atom. The van der Waals surface area contributed by atoms with Crippen LogP contribution in [0.2, 0.25) is 0 Å². The molecule has 0 aliphatic carbocycles. The number of aromatic nitrogens is 1. The molecule has 0 unspecified atom stereocenters. The molecule has 30 heavy (non-hydrogen) atoms. The number of anilines is 1. The Balaban J connectivity index is 1.26. The first-order valence-electron chi connectivity index (χ1n) is 10.1. The maximum Gasteiger partial charge on any atom is 0.242 e. The molecule has 0 N–H and O–H groups in total. The summed E-state index contributed by atoms with van der Waals surface area (Å²) in [6, 6.07) is 15.2. The van der Waals surface area contributed by atoms with Gasteiger partial charge in [-0.15, -0.1) is 0 Å². The van der Waals surface area contributed by atoms with Crippen LogP contribution in [0.25, 0.3) is 16.3 Å². The highest BCUT2D eigenvalue weighted by Gasteiger charge is 2.22. The van der Waals surface area contributed by atoms with Crippen LogP contribution in [0.15, 0.2) is 54.6 Å². The number of carbonyl (C=O) groups is 1. The molecular weight excluding hydrogens is 399 g/mol. The average Bonchev–Trinajstić information content (AvgIpc) is 3.21. The van der Waals surface area contributed by atoms with Crippen molar-refractivity contribution in [1.29, 1.82) is 0 Å². The Labute approximate surface area is 180 Å². The Morgan fingerprint density at radius 2 is 1.90 bits per heavy atom. The van der Waals surface area contributed by atoms with E-state index in [9.17, 15) is 9.18 Å². The third-order valence-electron chi connectivity index (χ3n) is 5.26. The largest absolute Gasteiger partial charge is 0.342 e. The summed E-state index contributed by atoms with van der Waals surface area (Å²) in [5.41, 5.74) is 1.57. The van der Waals surface area contributed by atoms with Crippen molar-refractivity contribution in [1.82, 2.24) is 14.8 Å². The minimum absolute atomic E-state index is 0.0803. The summed E-state index contributed by atoms with van der Waals surface area (Å²) in [7, 11) is 1.83. The van der Waals surface area contributed by atoms with Crippen LogP contribution in [0.3, 0.4) is 0 Å². The number of hydrogen-bond acceptors (Lipinski definition) is 5. The summed E-state index contributed by atoms with van der Waals surface area (Å²) in [5, 5.41) is 0.660. The fourth-order valence-electron chi connectivity index (χ4n) is 3.52. The average molecular weight is 425 g/mol. The van der Waals surface area contributed by atoms with Crippen molar-refractivity contribution in [2.24, 2.45) is 0 Å². The molecule has 0 radical (unpaired) electrons. The van der Waals surface area contributed by atoms with Crippen LogP contribution in [0, 0.1) is 5.82 Å². The lowest BCUT2D eigenvalue weighted by Gasteiger charge is -2.35. The molecular formula is C23H25FN4OS. The first-order valence-corrected chi connectivity index (χ1v) is 10.9. The van der Waals surface area contributed by atoms with E-state index in [4.69, 9.17) is 0 Å². The summed E-state index contributed by atoms with van der Waals surface area (Å²) >= 11 is 1.40. The minimum Gasteiger partial charge on any atom is -0.342 e. The second-order valence-electron chi connectivity index (χ2n) is 7.43. The van der Waals surface area contributed by atoms with Crippen molar-refractivity contribution in [2.45, 2.75) is 0 Å². The van der Waals surface area contributed by atoms with Crippen molar-refractivity contribution in [2.75, 3.05) is 51.2 Å². The first-order chi connectivity index (χ1) is 14.6. The van der Waals surface area contributed by atoms with Gasteiger partial charge in [-0.2, -0.15) is 0 Å². The van der Waals surface area contributed by atoms with Gasteiger partial charge in [0.05, 0.1) is 11.2 Å². The predicted octanol–water partition coefficient (Wildman–Crippen LogP) is 3.73. The number of para-hydroxylation sites is 1. The third kappa shape index (κ3) is 4.86. The zero-order chi connectivity index (χ0) is 20.9. The number of hydrogen-bond donors (Lipinski definition) is 0. The van der Waals surface area contributed by atoms with Crippen molar-refractivity contribution < 1.29 is 9.18 Å². The molecule has 3 aromatic rings. The van der Waals surface area contributed by atoms with Crippen LogP contribution in [0.5, 0.6) is 0 Å². The van der Waals surface area contributed by atoms with E-state index in [1.54, 1.807) is 11.0 Å². The van der Waals surface area contributed by atoms with Gasteiger partial charge >= 0.3 is 0 Å². The molecule has 1 fully saturated rings. The fraction of sp³-hybridized carbons (Fsp3) is 0.304. The van der Waals surface area contributed by atoms with E-state index in [1.165, 1.54) is 23.0 Å². The molecule has 156 valence electrons. The number of piperazine rings is 1. The van der Waals surface area contributed by atoms with Crippen LogP contribution in [-0.2, 0) is 4.79 Å². The molecule has 5 nitrogen and oxygen atoms in total. The summed E-state index contributed by atoms with van der Waals surface area (Å²) < 4.78 is 14.7. The Hall–Kier alpha value is -2.77. The lowest BCUT2D eigenvalue weighted by molar-refractivity contribution is -0.131. The van der Waals surface area contributed by atoms with Gasteiger partial charge in [0.2, 0.25) is 5.91 Å². The second kappa shape index (κ2) is 9.36. The van der Waals surface area contributed by atoms with E-state index in [1.807, 2.05) is 36.2 Å². The molecule has 1 amide bonds. The van der Waals surface area contributed by atoms with Gasteiger partial charge in [0, 0.05) is 39.8 Å². The lowest BCUT2D eigenvalue weighted by Crippen LogP contribution is -2.50. The number of fused-ring (bicyclic) bond motifs is 1. The molecule has 2 aromatic carbocycles. The molecule has 0 atom stereocenters. The number of amides is 1. The smallest absolute Gasteiger partial charge is 0.242 e. The van der Waals surface area contributed by atoms with Gasteiger partial charge in [-0.3, -0.25) is 9.69 Å². The first kappa shape index (κ1) is 20.5. The SMILES string of the molecule is CN(CC(=O)N1CCN(C/C=C/c2ccccc2)CC1)c1nc2c(F)cccc2s1. The number of nitrogens with zero attached hydrogens (tertiary/aromatic N) is 4. The lowest BCUT2D eigenvalue weighted by atomic mass is 10.2. The highest BCUT2D eigenvalue weighted by atomic mass is 32.1. The summed E-state index contributed by atoms with van der Waals surface area (Å²) in [6.45, 7) is 4.30. The number of thiazole rings is 1. The Bertz CT molecular complexity index is 1030. The Kier molecular flexibility index (Phi) is 6.40. The van der Waals surface area contributed by atoms with Gasteiger partial charge in [-0.1, -0.05) is 59.9 Å². The second-order valence-corrected chi connectivity index (χ2v) is 8.44. The quantitative estimate of drug-likeness (QED) is 0.605. The number of benzene rings is 2. The highest BCUT2D eigenvalue weighted by molar-refractivity contribution is 7.22. The molecule has 1 aromatic heterocycles. The molecule has 7 heteroatoms. The van der Waals surface area contributed by atoms with Gasteiger partial charge in [0.15, 0.2) is 5.13 Å². The topological polar surface area (TPSA) is 39.7 Å². The zero-order valence-electron chi connectivity index (χ0n) is 17.0. The monoisotopic (exact) mass is 424 g/mol. The summed E-state index contributed by atoms with van der Waals surface area (Å²) in [6.07, 6.45) is 4.31. The number of likely N-dealkylation sites (N-methyl/N-ethyl adjacent to an activating group) is 1. The molecule has 1 aliphatic heterocycles. The Morgan fingerprint density at radius 1 is 1.13 bits per heavy atom. The summed E-state index contributed by atoms with van der Waals surface area (Å²) in [5.74, 6) is -0.246. The number of carbonyl (C=O) groups excluding carboxylic acids is 1. The standard InChI is InChI=1S/C23H25FN4OS/c1-26(23-25-22-19(24)10-5-11-20(22)30-23)17-21(29)28-15-13-27(14-16-28)12-6-9-18-7-3-2-4-8-18/h2-11H,12-17H2,1H3/b9-6+. The minimum atomic E-state index is -0.327. The molecule has 0 bridgehead atoms. The van der Waals surface area contributed by atoms with E-state index in [0.29, 0.717) is 10.6 Å². The van der Waals surface area contributed by atoms with Gasteiger partial charge in [-0.25, -0.2) is 9.37 Å². The van der Waals surface area contributed by atoms with Gasteiger partial charge in [-0.05, 0) is 17.7 Å². The van der Waals surface area contributed by atoms with Crippen LogP contribution in [0.1, 0.15) is 5.56 Å². The van der Waals surface area contributed by atoms with Gasteiger partial charge < -0.3 is 9.80 Å². The molecule has 2 heterocycles. The van der Waals surface area contributed by atoms with Crippen LogP contribution < -0.4 is 4.90 Å². The number of halogens is 1. The third-order valence-corrected chi connectivity index (χ3v) is 6.39. The maximum atomic E-state index is 13.9. The van der Waals surface area contributed by atoms with Crippen molar-refractivity contribution >= 4 is 38.7 Å². The van der Waals surface area contributed by atoms with Crippen molar-refractivity contribution in [3.05, 3.63) is 66.0 Å². The highest BCUT2D eigenvalue weighted by Crippen LogP contribution is 2.29. The number of rotatable bonds is 6. The van der Waals surface area contributed by atoms with Crippen molar-refractivity contribution in [3.63, 3.8) is 0 Å². The molecule has 1 saturated heterocycles. The van der Waals surface area contributed by atoms with E-state index in [-0.39, 0.29) is 18.3 Å². The van der Waals surface area contributed by atoms with Gasteiger partial charge in [0.25, 0.3) is 0 Å². The van der Waals surface area contributed by atoms with E-state index in [0.717, 1.165) is 37.4 Å². The van der Waals surface area contributed by atoms with Crippen LogP contribution in [-0.4, -0.2) is 67.0 Å². The zero-order valence-corrected chi connectivity index (χ0v) is 17.8. The van der Waals surface area contributed by atoms with Gasteiger partial charge in [0.1, 0.15) is 11.3 Å². The molecule has 0 saturated carbocycles. The van der Waals surface area contributed by atoms with Crippen LogP contribution in [0.4, 0.5) is 9.52 Å². The normalized spacial score (nSPS) is 15.2. The fourth-order valence-corrected chi connectivity index (χ4v) is 4.46. The molecule has 0 spiro atoms. The van der Waals surface area contributed by atoms with Crippen LogP contribution >= 0.6 is 11.3 Å². The summed E-state index contributed by atoms with van der Waals surface area (Å²) in [4.78, 5) is 23.2. The van der Waals surface area contributed by atoms with Crippen molar-refractivity contribution in [3.8, 4) is 0 Å². The van der Waals surface area contributed by atoms with E-state index < -0.39 is 0 Å².